The molecular formula is C17H20N2O3S2. The van der Waals surface area contributed by atoms with Gasteiger partial charge in [0.05, 0.1) is 5.39 Å². The molecule has 1 fully saturated rings. The lowest BCUT2D eigenvalue weighted by Crippen LogP contribution is -2.24. The summed E-state index contributed by atoms with van der Waals surface area (Å²) in [6.07, 6.45) is 4.64. The molecule has 4 rings (SSSR count). The zero-order valence-electron chi connectivity index (χ0n) is 13.8. The Morgan fingerprint density at radius 2 is 2.21 bits per heavy atom. The fourth-order valence-electron chi connectivity index (χ4n) is 3.51. The Hall–Kier alpha value is -1.34. The van der Waals surface area contributed by atoms with Crippen LogP contribution in [0.1, 0.15) is 43.6 Å². The van der Waals surface area contributed by atoms with Gasteiger partial charge in [-0.3, -0.25) is 14.2 Å². The summed E-state index contributed by atoms with van der Waals surface area (Å²) in [4.78, 5) is 32.0. The van der Waals surface area contributed by atoms with Crippen LogP contribution in [-0.4, -0.2) is 26.9 Å². The van der Waals surface area contributed by atoms with Crippen molar-refractivity contribution in [3.05, 3.63) is 20.8 Å². The molecule has 7 heteroatoms. The Labute approximate surface area is 148 Å². The van der Waals surface area contributed by atoms with Crippen molar-refractivity contribution in [2.45, 2.75) is 69.0 Å². The van der Waals surface area contributed by atoms with Crippen LogP contribution in [0.2, 0.25) is 0 Å². The van der Waals surface area contributed by atoms with E-state index in [0.717, 1.165) is 35.9 Å². The van der Waals surface area contributed by atoms with Gasteiger partial charge in [0.15, 0.2) is 5.16 Å². The Morgan fingerprint density at radius 1 is 1.38 bits per heavy atom. The number of carbonyl (C=O) groups excluding carboxylic acids is 1. The number of hydrogen-bond acceptors (Lipinski definition) is 6. The maximum atomic E-state index is 13.1. The van der Waals surface area contributed by atoms with Crippen LogP contribution in [-0.2, 0) is 28.9 Å². The van der Waals surface area contributed by atoms with Crippen molar-refractivity contribution in [3.63, 3.8) is 0 Å². The van der Waals surface area contributed by atoms with E-state index in [-0.39, 0.29) is 22.9 Å². The number of hydrogen-bond donors (Lipinski definition) is 0. The summed E-state index contributed by atoms with van der Waals surface area (Å²) in [6, 6.07) is 0. The molecule has 1 aliphatic heterocycles. The highest BCUT2D eigenvalue weighted by Crippen LogP contribution is 2.37. The van der Waals surface area contributed by atoms with E-state index in [9.17, 15) is 9.59 Å². The van der Waals surface area contributed by atoms with Crippen molar-refractivity contribution >= 4 is 39.3 Å². The molecule has 5 nitrogen and oxygen atoms in total. The summed E-state index contributed by atoms with van der Waals surface area (Å²) in [5.74, 6) is -0.196. The molecule has 1 aliphatic carbocycles. The first-order chi connectivity index (χ1) is 11.6. The largest absolute Gasteiger partial charge is 0.462 e. The van der Waals surface area contributed by atoms with Crippen LogP contribution in [0.5, 0.6) is 0 Å². The minimum absolute atomic E-state index is 0.0585. The molecule has 0 amide bonds. The lowest BCUT2D eigenvalue weighted by Gasteiger charge is -2.13. The first kappa shape index (κ1) is 16.1. The van der Waals surface area contributed by atoms with E-state index >= 15 is 0 Å². The molecule has 2 aromatic heterocycles. The highest BCUT2D eigenvalue weighted by molar-refractivity contribution is 8.00. The summed E-state index contributed by atoms with van der Waals surface area (Å²) in [7, 11) is 0. The van der Waals surface area contributed by atoms with Gasteiger partial charge in [0.2, 0.25) is 0 Å². The molecule has 2 aromatic rings. The maximum Gasteiger partial charge on any atom is 0.319 e. The Morgan fingerprint density at radius 3 is 2.92 bits per heavy atom. The van der Waals surface area contributed by atoms with Gasteiger partial charge in [-0.15, -0.1) is 11.3 Å². The fraction of sp³-hybridized carbons (Fsp3) is 0.588. The van der Waals surface area contributed by atoms with Gasteiger partial charge in [-0.2, -0.15) is 0 Å². The second kappa shape index (κ2) is 6.19. The van der Waals surface area contributed by atoms with Gasteiger partial charge in [-0.05, 0) is 38.2 Å². The van der Waals surface area contributed by atoms with Crippen LogP contribution in [0, 0.1) is 0 Å². The molecule has 1 saturated heterocycles. The van der Waals surface area contributed by atoms with Crippen LogP contribution < -0.4 is 5.56 Å². The number of ether oxygens (including phenoxy) is 1. The summed E-state index contributed by atoms with van der Waals surface area (Å²) in [6.45, 7) is 4.58. The molecule has 0 unspecified atom stereocenters. The van der Waals surface area contributed by atoms with Gasteiger partial charge >= 0.3 is 5.97 Å². The zero-order chi connectivity index (χ0) is 16.8. The van der Waals surface area contributed by atoms with Crippen LogP contribution in [0.25, 0.3) is 10.2 Å². The molecule has 24 heavy (non-hydrogen) atoms. The van der Waals surface area contributed by atoms with Crippen molar-refractivity contribution in [2.75, 3.05) is 0 Å². The number of thiophene rings is 1. The summed E-state index contributed by atoms with van der Waals surface area (Å²) < 4.78 is 7.00. The summed E-state index contributed by atoms with van der Waals surface area (Å²) in [5, 5.41) is 1.21. The second-order valence-electron chi connectivity index (χ2n) is 6.48. The number of rotatable bonds is 4. The van der Waals surface area contributed by atoms with Crippen molar-refractivity contribution in [3.8, 4) is 0 Å². The smallest absolute Gasteiger partial charge is 0.319 e. The van der Waals surface area contributed by atoms with E-state index in [4.69, 9.17) is 9.72 Å². The highest BCUT2D eigenvalue weighted by atomic mass is 32.2. The van der Waals surface area contributed by atoms with E-state index < -0.39 is 0 Å². The van der Waals surface area contributed by atoms with Gasteiger partial charge in [-0.25, -0.2) is 4.98 Å². The van der Waals surface area contributed by atoms with Crippen molar-refractivity contribution in [2.24, 2.45) is 0 Å². The van der Waals surface area contributed by atoms with Gasteiger partial charge in [0.25, 0.3) is 5.56 Å². The number of nitrogens with zero attached hydrogens (tertiary/aromatic N) is 2. The Bertz CT molecular complexity index is 871. The second-order valence-corrected chi connectivity index (χ2v) is 8.73. The topological polar surface area (TPSA) is 61.2 Å². The van der Waals surface area contributed by atoms with Gasteiger partial charge in [0, 0.05) is 17.8 Å². The molecule has 0 aromatic carbocycles. The number of aryl methyl sites for hydroxylation is 2. The van der Waals surface area contributed by atoms with Crippen molar-refractivity contribution < 1.29 is 9.53 Å². The monoisotopic (exact) mass is 364 g/mol. The fourth-order valence-corrected chi connectivity index (χ4v) is 6.04. The third kappa shape index (κ3) is 2.58. The standard InChI is InChI=1S/C17H20N2O3S2/c1-3-7-19-15(20)13-10-5-4-6-11(10)23-14(13)18-17(19)24-12-8-9(2)22-16(12)21/h9,12H,3-8H2,1-2H3/t9-,12+/m0/s1. The highest BCUT2D eigenvalue weighted by Gasteiger charge is 2.34. The third-order valence-electron chi connectivity index (χ3n) is 4.61. The van der Waals surface area contributed by atoms with Crippen LogP contribution >= 0.6 is 23.1 Å². The molecule has 0 bridgehead atoms. The summed E-state index contributed by atoms with van der Waals surface area (Å²) in [5.41, 5.74) is 1.27. The molecule has 2 atom stereocenters. The van der Waals surface area contributed by atoms with Crippen molar-refractivity contribution in [1.29, 1.82) is 0 Å². The first-order valence-corrected chi connectivity index (χ1v) is 10.2. The Kier molecular flexibility index (Phi) is 4.16. The molecule has 3 heterocycles. The molecule has 128 valence electrons. The lowest BCUT2D eigenvalue weighted by molar-refractivity contribution is -0.140. The quantitative estimate of drug-likeness (QED) is 0.616. The summed E-state index contributed by atoms with van der Waals surface area (Å²) >= 11 is 3.03. The SMILES string of the molecule is CCCn1c(S[C@@H]2C[C@H](C)OC2=O)nc2sc3c(c2c1=O)CCC3. The number of cyclic esters (lactones) is 1. The van der Waals surface area contributed by atoms with Gasteiger partial charge in [-0.1, -0.05) is 18.7 Å². The minimum atomic E-state index is -0.265. The minimum Gasteiger partial charge on any atom is -0.462 e. The van der Waals surface area contributed by atoms with E-state index in [2.05, 4.69) is 6.92 Å². The molecule has 0 spiro atoms. The number of thioether (sulfide) groups is 1. The molecular weight excluding hydrogens is 344 g/mol. The van der Waals surface area contributed by atoms with E-state index in [1.54, 1.807) is 15.9 Å². The average molecular weight is 364 g/mol. The maximum absolute atomic E-state index is 13.1. The lowest BCUT2D eigenvalue weighted by atomic mass is 10.2. The average Bonchev–Trinajstić information content (AvgIpc) is 3.18. The van der Waals surface area contributed by atoms with E-state index in [1.807, 2.05) is 6.92 Å². The normalized spacial score (nSPS) is 23.0. The number of aromatic nitrogens is 2. The number of fused-ring (bicyclic) bond motifs is 3. The van der Waals surface area contributed by atoms with Crippen LogP contribution in [0.15, 0.2) is 9.95 Å². The molecule has 2 aliphatic rings. The number of esters is 1. The van der Waals surface area contributed by atoms with E-state index in [0.29, 0.717) is 18.1 Å². The molecule has 0 radical (unpaired) electrons. The predicted octanol–water partition coefficient (Wildman–Crippen LogP) is 3.15. The third-order valence-corrected chi connectivity index (χ3v) is 6.99. The van der Waals surface area contributed by atoms with Crippen molar-refractivity contribution in [1.82, 2.24) is 9.55 Å². The number of carbonyl (C=O) groups is 1. The first-order valence-electron chi connectivity index (χ1n) is 8.50. The molecule has 0 N–H and O–H groups in total. The zero-order valence-corrected chi connectivity index (χ0v) is 15.5. The molecule has 0 saturated carbocycles. The van der Waals surface area contributed by atoms with Gasteiger partial charge < -0.3 is 4.74 Å². The van der Waals surface area contributed by atoms with Crippen LogP contribution in [0.3, 0.4) is 0 Å². The Balaban J connectivity index is 1.81. The van der Waals surface area contributed by atoms with Gasteiger partial charge in [0.1, 0.15) is 16.2 Å². The van der Waals surface area contributed by atoms with E-state index in [1.165, 1.54) is 22.2 Å². The van der Waals surface area contributed by atoms with Crippen LogP contribution in [0.4, 0.5) is 0 Å². The predicted molar refractivity (Wildman–Crippen MR) is 96.0 cm³/mol.